The first-order chi connectivity index (χ1) is 16.8. The van der Waals surface area contributed by atoms with Gasteiger partial charge in [0.1, 0.15) is 5.82 Å². The Balaban J connectivity index is 1.32. The number of carbonyl (C=O) groups excluding carboxylic acids is 1. The van der Waals surface area contributed by atoms with Crippen LogP contribution in [0.4, 0.5) is 14.9 Å². The van der Waals surface area contributed by atoms with Gasteiger partial charge in [-0.1, -0.05) is 6.92 Å². The van der Waals surface area contributed by atoms with Crippen LogP contribution in [0.1, 0.15) is 64.4 Å². The molecule has 4 aliphatic heterocycles. The molecule has 3 unspecified atom stereocenters. The first-order valence-electron chi connectivity index (χ1n) is 13.2. The molecule has 1 spiro atoms. The second-order valence-corrected chi connectivity index (χ2v) is 12.9. The molecule has 1 aromatic rings. The monoisotopic (exact) mass is 507 g/mol. The van der Waals surface area contributed by atoms with Crippen molar-refractivity contribution in [2.45, 2.75) is 76.3 Å². The van der Waals surface area contributed by atoms with Gasteiger partial charge in [-0.3, -0.25) is 4.31 Å². The Hall–Kier alpha value is -1.87. The van der Waals surface area contributed by atoms with Crippen LogP contribution in [-0.4, -0.2) is 74.9 Å². The fourth-order valence-electron chi connectivity index (χ4n) is 7.02. The van der Waals surface area contributed by atoms with Crippen molar-refractivity contribution in [3.05, 3.63) is 29.6 Å². The number of sulfonamides is 1. The van der Waals surface area contributed by atoms with E-state index in [4.69, 9.17) is 4.74 Å². The maximum atomic E-state index is 14.3. The average molecular weight is 508 g/mol. The molecule has 1 aliphatic carbocycles. The highest BCUT2D eigenvalue weighted by atomic mass is 32.2. The van der Waals surface area contributed by atoms with Crippen LogP contribution in [0.3, 0.4) is 0 Å². The van der Waals surface area contributed by atoms with Crippen molar-refractivity contribution in [3.63, 3.8) is 0 Å². The van der Waals surface area contributed by atoms with E-state index in [1.807, 2.05) is 18.7 Å². The van der Waals surface area contributed by atoms with Gasteiger partial charge in [-0.05, 0) is 94.6 Å². The molecule has 9 heteroatoms. The third kappa shape index (κ3) is 4.54. The van der Waals surface area contributed by atoms with Crippen LogP contribution >= 0.6 is 0 Å². The van der Waals surface area contributed by atoms with Gasteiger partial charge in [0.15, 0.2) is 0 Å². The lowest BCUT2D eigenvalue weighted by Crippen LogP contribution is -2.50. The first kappa shape index (κ1) is 24.8. The van der Waals surface area contributed by atoms with E-state index in [0.29, 0.717) is 37.2 Å². The Morgan fingerprint density at radius 3 is 2.63 bits per heavy atom. The minimum absolute atomic E-state index is 0.105. The van der Waals surface area contributed by atoms with E-state index in [9.17, 15) is 17.6 Å². The van der Waals surface area contributed by atoms with E-state index in [2.05, 4.69) is 4.90 Å². The van der Waals surface area contributed by atoms with E-state index < -0.39 is 10.0 Å². The molecule has 35 heavy (non-hydrogen) atoms. The lowest BCUT2D eigenvalue weighted by Gasteiger charge is -2.43. The number of carbonyl (C=O) groups is 1. The number of hydrogen-bond donors (Lipinski definition) is 0. The summed E-state index contributed by atoms with van der Waals surface area (Å²) >= 11 is 0. The molecule has 0 radical (unpaired) electrons. The average Bonchev–Trinajstić information content (AvgIpc) is 2.97. The SMILES string of the molecule is CCCS(=O)(=O)N1CC2(CCN(C3CC4CCC(C3)N(C(=O)OCC)C4)CC2)c2cc(F)ccc21. The van der Waals surface area contributed by atoms with Crippen LogP contribution in [0.2, 0.25) is 0 Å². The fraction of sp³-hybridized carbons (Fsp3) is 0.731. The van der Waals surface area contributed by atoms with Gasteiger partial charge < -0.3 is 14.5 Å². The molecule has 0 aromatic heterocycles. The predicted octanol–water partition coefficient (Wildman–Crippen LogP) is 4.12. The van der Waals surface area contributed by atoms with E-state index in [1.165, 1.54) is 6.07 Å². The number of halogens is 1. The Morgan fingerprint density at radius 2 is 1.91 bits per heavy atom. The van der Waals surface area contributed by atoms with E-state index in [1.54, 1.807) is 16.4 Å². The van der Waals surface area contributed by atoms with Crippen molar-refractivity contribution < 1.29 is 22.3 Å². The van der Waals surface area contributed by atoms with Gasteiger partial charge >= 0.3 is 6.09 Å². The first-order valence-corrected chi connectivity index (χ1v) is 14.8. The van der Waals surface area contributed by atoms with Crippen LogP contribution in [-0.2, 0) is 20.2 Å². The number of ether oxygens (including phenoxy) is 1. The normalized spacial score (nSPS) is 28.3. The summed E-state index contributed by atoms with van der Waals surface area (Å²) in [5.74, 6) is 0.295. The summed E-state index contributed by atoms with van der Waals surface area (Å²) in [4.78, 5) is 17.0. The fourth-order valence-corrected chi connectivity index (χ4v) is 8.66. The predicted molar refractivity (Wildman–Crippen MR) is 134 cm³/mol. The molecule has 4 fully saturated rings. The molecule has 0 N–H and O–H groups in total. The molecule has 2 bridgehead atoms. The molecule has 1 saturated carbocycles. The standard InChI is InChI=1S/C26H38FN3O4S/c1-3-13-35(32,33)30-18-26(23-15-20(27)6-8-24(23)30)9-11-28(12-10-26)22-14-19-5-7-21(16-22)29(17-19)25(31)34-4-2/h6,8,15,19,21-22H,3-5,7,9-14,16-18H2,1-2H3. The second-order valence-electron chi connectivity index (χ2n) is 10.9. The van der Waals surface area contributed by atoms with Crippen molar-refractivity contribution in [2.75, 3.05) is 42.8 Å². The summed E-state index contributed by atoms with van der Waals surface area (Å²) in [6.07, 6.45) is 6.25. The second kappa shape index (κ2) is 9.54. The van der Waals surface area contributed by atoms with Crippen molar-refractivity contribution >= 4 is 21.8 Å². The van der Waals surface area contributed by atoms with Gasteiger partial charge in [0.05, 0.1) is 18.0 Å². The number of rotatable bonds is 5. The molecule has 1 aromatic carbocycles. The number of nitrogens with zero attached hydrogens (tertiary/aromatic N) is 3. The van der Waals surface area contributed by atoms with Crippen molar-refractivity contribution in [1.82, 2.24) is 9.80 Å². The van der Waals surface area contributed by atoms with Gasteiger partial charge in [-0.2, -0.15) is 0 Å². The van der Waals surface area contributed by atoms with Crippen molar-refractivity contribution in [2.24, 2.45) is 5.92 Å². The van der Waals surface area contributed by atoms with Crippen LogP contribution < -0.4 is 4.31 Å². The number of amides is 1. The number of anilines is 1. The van der Waals surface area contributed by atoms with Gasteiger partial charge in [-0.25, -0.2) is 17.6 Å². The third-order valence-corrected chi connectivity index (χ3v) is 10.7. The molecule has 4 heterocycles. The van der Waals surface area contributed by atoms with Gasteiger partial charge in [0, 0.05) is 30.6 Å². The quantitative estimate of drug-likeness (QED) is 0.600. The lowest BCUT2D eigenvalue weighted by molar-refractivity contribution is 0.0663. The molecular formula is C26H38FN3O4S. The van der Waals surface area contributed by atoms with Crippen LogP contribution in [0.15, 0.2) is 18.2 Å². The summed E-state index contributed by atoms with van der Waals surface area (Å²) in [5.41, 5.74) is 1.17. The zero-order valence-corrected chi connectivity index (χ0v) is 21.7. The van der Waals surface area contributed by atoms with E-state index >= 15 is 0 Å². The summed E-state index contributed by atoms with van der Waals surface area (Å²) in [5, 5.41) is 0. The number of benzene rings is 1. The minimum atomic E-state index is -3.43. The zero-order valence-electron chi connectivity index (χ0n) is 20.9. The third-order valence-electron chi connectivity index (χ3n) is 8.77. The molecule has 3 saturated heterocycles. The molecule has 7 nitrogen and oxygen atoms in total. The number of hydrogen-bond acceptors (Lipinski definition) is 5. The maximum absolute atomic E-state index is 14.3. The van der Waals surface area contributed by atoms with Crippen molar-refractivity contribution in [3.8, 4) is 0 Å². The number of piperidine rings is 2. The Kier molecular flexibility index (Phi) is 6.76. The number of fused-ring (bicyclic) bond motifs is 6. The van der Waals surface area contributed by atoms with Crippen molar-refractivity contribution in [1.29, 1.82) is 0 Å². The Morgan fingerprint density at radius 1 is 1.14 bits per heavy atom. The highest BCUT2D eigenvalue weighted by Crippen LogP contribution is 2.49. The van der Waals surface area contributed by atoms with Gasteiger partial charge in [0.25, 0.3) is 0 Å². The zero-order chi connectivity index (χ0) is 24.8. The van der Waals surface area contributed by atoms with Crippen LogP contribution in [0.5, 0.6) is 0 Å². The van der Waals surface area contributed by atoms with E-state index in [0.717, 1.165) is 63.7 Å². The topological polar surface area (TPSA) is 70.2 Å². The van der Waals surface area contributed by atoms with Crippen LogP contribution in [0.25, 0.3) is 0 Å². The smallest absolute Gasteiger partial charge is 0.410 e. The number of likely N-dealkylation sites (tertiary alicyclic amines) is 1. The molecule has 3 atom stereocenters. The molecule has 6 rings (SSSR count). The summed E-state index contributed by atoms with van der Waals surface area (Å²) in [6.45, 7) is 7.04. The Bertz CT molecular complexity index is 1060. The highest BCUT2D eigenvalue weighted by molar-refractivity contribution is 7.92. The largest absolute Gasteiger partial charge is 0.450 e. The summed E-state index contributed by atoms with van der Waals surface area (Å²) in [7, 11) is -3.43. The van der Waals surface area contributed by atoms with Gasteiger partial charge in [0.2, 0.25) is 10.0 Å². The summed E-state index contributed by atoms with van der Waals surface area (Å²) in [6, 6.07) is 5.22. The molecule has 5 aliphatic rings. The molecule has 1 amide bonds. The maximum Gasteiger partial charge on any atom is 0.410 e. The summed E-state index contributed by atoms with van der Waals surface area (Å²) < 4.78 is 47.3. The van der Waals surface area contributed by atoms with Crippen LogP contribution in [0, 0.1) is 11.7 Å². The Labute approximate surface area is 208 Å². The minimum Gasteiger partial charge on any atom is -0.450 e. The molecule has 194 valence electrons. The van der Waals surface area contributed by atoms with E-state index in [-0.39, 0.29) is 29.1 Å². The lowest BCUT2D eigenvalue weighted by atomic mass is 9.74. The highest BCUT2D eigenvalue weighted by Gasteiger charge is 2.49. The van der Waals surface area contributed by atoms with Gasteiger partial charge in [-0.15, -0.1) is 0 Å². The molecular weight excluding hydrogens is 469 g/mol.